The number of allylic oxidation sites excluding steroid dienone is 4. The number of rotatable bonds is 0. The van der Waals surface area contributed by atoms with Gasteiger partial charge in [-0.2, -0.15) is 0 Å². The second-order valence-corrected chi connectivity index (χ2v) is 4.62. The van der Waals surface area contributed by atoms with E-state index >= 15 is 0 Å². The van der Waals surface area contributed by atoms with Crippen molar-refractivity contribution in [3.8, 4) is 0 Å². The Labute approximate surface area is 51.8 Å². The minimum atomic E-state index is -0.225. The van der Waals surface area contributed by atoms with Crippen molar-refractivity contribution in [3.63, 3.8) is 0 Å². The lowest BCUT2D eigenvalue weighted by atomic mass is 10.5. The van der Waals surface area contributed by atoms with Crippen LogP contribution in [0, 0.1) is 6.08 Å². The van der Waals surface area contributed by atoms with Gasteiger partial charge in [-0.25, -0.2) is 0 Å². The third-order valence-electron chi connectivity index (χ3n) is 1.14. The predicted molar refractivity (Wildman–Crippen MR) is 39.4 cm³/mol. The second kappa shape index (κ2) is 2.22. The highest BCUT2D eigenvalue weighted by molar-refractivity contribution is 6.72. The molecule has 0 aromatic rings. The molecule has 1 aliphatic rings. The second-order valence-electron chi connectivity index (χ2n) is 2.08. The third-order valence-corrected chi connectivity index (χ3v) is 2.52. The normalized spacial score (nSPS) is 15.5. The maximum absolute atomic E-state index is 3.18. The van der Waals surface area contributed by atoms with Crippen LogP contribution in [0.1, 0.15) is 0 Å². The van der Waals surface area contributed by atoms with Crippen LogP contribution in [0.3, 0.4) is 0 Å². The lowest BCUT2D eigenvalue weighted by Crippen LogP contribution is -2.00. The first kappa shape index (κ1) is 5.70. The summed E-state index contributed by atoms with van der Waals surface area (Å²) in [5.74, 6) is 0. The molecule has 8 heavy (non-hydrogen) atoms. The summed E-state index contributed by atoms with van der Waals surface area (Å²) in [5.41, 5.74) is 0. The molecule has 0 bridgehead atoms. The average Bonchev–Trinajstić information content (AvgIpc) is 2.12. The minimum Gasteiger partial charge on any atom is -0.0614 e. The van der Waals surface area contributed by atoms with Gasteiger partial charge < -0.3 is 0 Å². The molecule has 0 saturated carbocycles. The van der Waals surface area contributed by atoms with Crippen molar-refractivity contribution in [3.05, 3.63) is 24.3 Å². The standard InChI is InChI=1S/C7H9Si/c1-8(2)7-5-3-4-6-7/h3-5H,1-2H3. The van der Waals surface area contributed by atoms with Crippen LogP contribution < -0.4 is 0 Å². The Morgan fingerprint density at radius 3 is 2.50 bits per heavy atom. The molecule has 0 heterocycles. The Morgan fingerprint density at radius 2 is 2.25 bits per heavy atom. The van der Waals surface area contributed by atoms with Gasteiger partial charge in [0.2, 0.25) is 0 Å². The van der Waals surface area contributed by atoms with Crippen molar-refractivity contribution >= 4 is 13.6 Å². The third kappa shape index (κ3) is 1.04. The fourth-order valence-electron chi connectivity index (χ4n) is 0.641. The summed E-state index contributed by atoms with van der Waals surface area (Å²) >= 11 is 0. The van der Waals surface area contributed by atoms with Crippen molar-refractivity contribution in [2.45, 2.75) is 13.1 Å². The first-order valence-corrected chi connectivity index (χ1v) is 5.24. The zero-order valence-electron chi connectivity index (χ0n) is 5.23. The van der Waals surface area contributed by atoms with Crippen LogP contribution in [0.5, 0.6) is 0 Å². The van der Waals surface area contributed by atoms with E-state index in [0.29, 0.717) is 0 Å². The molecule has 0 fully saturated rings. The molecule has 0 aromatic heterocycles. The molecule has 1 radical (unpaired) electrons. The van der Waals surface area contributed by atoms with Gasteiger partial charge in [-0.05, 0) is 11.2 Å². The summed E-state index contributed by atoms with van der Waals surface area (Å²) in [6.45, 7) is 4.55. The van der Waals surface area contributed by atoms with Crippen LogP contribution in [-0.4, -0.2) is 13.6 Å². The first-order chi connectivity index (χ1) is 3.80. The van der Waals surface area contributed by atoms with Gasteiger partial charge in [0.1, 0.15) is 0 Å². The Balaban J connectivity index is 2.90. The summed E-state index contributed by atoms with van der Waals surface area (Å²) in [5, 5.41) is 1.41. The topological polar surface area (TPSA) is 0 Å². The van der Waals surface area contributed by atoms with E-state index in [1.807, 2.05) is 12.2 Å². The van der Waals surface area contributed by atoms with E-state index in [2.05, 4.69) is 25.2 Å². The zero-order chi connectivity index (χ0) is 5.98. The van der Waals surface area contributed by atoms with Crippen LogP contribution in [-0.2, 0) is 0 Å². The summed E-state index contributed by atoms with van der Waals surface area (Å²) < 4.78 is 0. The van der Waals surface area contributed by atoms with Gasteiger partial charge >= 0.3 is 0 Å². The number of hydrogen-bond donors (Lipinski definition) is 0. The van der Waals surface area contributed by atoms with Crippen molar-refractivity contribution in [1.82, 2.24) is 0 Å². The lowest BCUT2D eigenvalue weighted by Gasteiger charge is -1.88. The molecule has 0 spiro atoms. The molecule has 0 aliphatic heterocycles. The molecule has 0 nitrogen and oxygen atoms in total. The molecule has 0 atom stereocenters. The summed E-state index contributed by atoms with van der Waals surface area (Å²) in [7, 11) is -0.225. The zero-order valence-corrected chi connectivity index (χ0v) is 6.23. The molecule has 0 aromatic carbocycles. The van der Waals surface area contributed by atoms with Crippen LogP contribution in [0.2, 0.25) is 13.1 Å². The molecule has 41 valence electrons. The van der Waals surface area contributed by atoms with E-state index in [4.69, 9.17) is 0 Å². The van der Waals surface area contributed by atoms with E-state index in [9.17, 15) is 0 Å². The molecule has 0 saturated heterocycles. The monoisotopic (exact) mass is 121 g/mol. The quantitative estimate of drug-likeness (QED) is 0.425. The fraction of sp³-hybridized carbons (Fsp3) is 0.286. The van der Waals surface area contributed by atoms with Crippen molar-refractivity contribution in [1.29, 1.82) is 0 Å². The molecule has 1 aliphatic carbocycles. The minimum absolute atomic E-state index is 0.225. The molecule has 1 heteroatoms. The van der Waals surface area contributed by atoms with E-state index < -0.39 is 0 Å². The predicted octanol–water partition coefficient (Wildman–Crippen LogP) is 1.42. The van der Waals surface area contributed by atoms with Gasteiger partial charge in [-0.3, -0.25) is 0 Å². The summed E-state index contributed by atoms with van der Waals surface area (Å²) in [4.78, 5) is 0. The molecular weight excluding hydrogens is 112 g/mol. The average molecular weight is 121 g/mol. The van der Waals surface area contributed by atoms with Crippen LogP contribution in [0.15, 0.2) is 18.2 Å². The van der Waals surface area contributed by atoms with Gasteiger partial charge in [0, 0.05) is 8.41 Å². The van der Waals surface area contributed by atoms with E-state index in [1.54, 1.807) is 0 Å². The SMILES string of the molecule is C[Si](C)=C1[C]=CC=C1. The number of hydrogen-bond acceptors (Lipinski definition) is 0. The summed E-state index contributed by atoms with van der Waals surface area (Å²) in [6, 6.07) is 0. The highest BCUT2D eigenvalue weighted by Crippen LogP contribution is 1.92. The fourth-order valence-corrected chi connectivity index (χ4v) is 1.44. The molecule has 0 unspecified atom stereocenters. The smallest absolute Gasteiger partial charge is 0.0136 e. The van der Waals surface area contributed by atoms with Gasteiger partial charge in [0.05, 0.1) is 0 Å². The van der Waals surface area contributed by atoms with E-state index in [-0.39, 0.29) is 8.41 Å². The van der Waals surface area contributed by atoms with Crippen LogP contribution in [0.25, 0.3) is 0 Å². The maximum atomic E-state index is 3.18. The Kier molecular flexibility index (Phi) is 1.58. The Bertz CT molecular complexity index is 155. The van der Waals surface area contributed by atoms with Crippen molar-refractivity contribution in [2.24, 2.45) is 0 Å². The molecule has 0 amide bonds. The summed E-state index contributed by atoms with van der Waals surface area (Å²) in [6.07, 6.45) is 9.36. The Morgan fingerprint density at radius 1 is 1.50 bits per heavy atom. The molecule has 0 N–H and O–H groups in total. The van der Waals surface area contributed by atoms with Gasteiger partial charge in [-0.15, -0.1) is 0 Å². The van der Waals surface area contributed by atoms with Gasteiger partial charge in [-0.1, -0.05) is 31.3 Å². The largest absolute Gasteiger partial charge is 0.0614 e. The van der Waals surface area contributed by atoms with E-state index in [1.165, 1.54) is 5.17 Å². The highest BCUT2D eigenvalue weighted by atomic mass is 28.2. The van der Waals surface area contributed by atoms with E-state index in [0.717, 1.165) is 0 Å². The first-order valence-electron chi connectivity index (χ1n) is 2.74. The lowest BCUT2D eigenvalue weighted by molar-refractivity contribution is 2.06. The van der Waals surface area contributed by atoms with Crippen molar-refractivity contribution in [2.75, 3.05) is 0 Å². The van der Waals surface area contributed by atoms with Crippen LogP contribution in [0.4, 0.5) is 0 Å². The molecule has 1 rings (SSSR count). The van der Waals surface area contributed by atoms with Crippen LogP contribution >= 0.6 is 0 Å². The molecular formula is C7H9Si. The Hall–Kier alpha value is -0.433. The van der Waals surface area contributed by atoms with Crippen molar-refractivity contribution < 1.29 is 0 Å². The van der Waals surface area contributed by atoms with Gasteiger partial charge in [0.15, 0.2) is 0 Å². The van der Waals surface area contributed by atoms with Gasteiger partial charge in [0.25, 0.3) is 0 Å². The maximum Gasteiger partial charge on any atom is 0.0136 e. The highest BCUT2D eigenvalue weighted by Gasteiger charge is 1.92.